The standard InChI is InChI=1S/C11H12O2.C2H6/c1-8(12)10-7-6-9-4-2-3-5-11(9)13-10;1-2/h2-5,10H,6-7H2,1H3;1-2H3/t10-;/m1./s1. The molecule has 1 aliphatic heterocycles. The SMILES string of the molecule is CC.CC(=O)[C@H]1CCc2ccccc2O1. The third kappa shape index (κ3) is 2.82. The summed E-state index contributed by atoms with van der Waals surface area (Å²) in [6.07, 6.45) is 1.53. The monoisotopic (exact) mass is 206 g/mol. The number of fused-ring (bicyclic) bond motifs is 1. The van der Waals surface area contributed by atoms with Crippen molar-refractivity contribution >= 4 is 5.78 Å². The molecule has 82 valence electrons. The van der Waals surface area contributed by atoms with Crippen LogP contribution in [-0.2, 0) is 11.2 Å². The fourth-order valence-electron chi connectivity index (χ4n) is 1.61. The molecule has 1 aromatic carbocycles. The maximum Gasteiger partial charge on any atom is 0.170 e. The van der Waals surface area contributed by atoms with Gasteiger partial charge >= 0.3 is 0 Å². The second-order valence-electron chi connectivity index (χ2n) is 3.36. The minimum Gasteiger partial charge on any atom is -0.482 e. The van der Waals surface area contributed by atoms with Gasteiger partial charge in [-0.15, -0.1) is 0 Å². The van der Waals surface area contributed by atoms with Gasteiger partial charge in [-0.05, 0) is 31.4 Å². The van der Waals surface area contributed by atoms with Gasteiger partial charge in [0.05, 0.1) is 0 Å². The molecule has 0 aromatic heterocycles. The fourth-order valence-corrected chi connectivity index (χ4v) is 1.61. The van der Waals surface area contributed by atoms with Gasteiger partial charge in [0.25, 0.3) is 0 Å². The number of ether oxygens (including phenoxy) is 1. The summed E-state index contributed by atoms with van der Waals surface area (Å²) >= 11 is 0. The number of hydrogen-bond donors (Lipinski definition) is 0. The Kier molecular flexibility index (Phi) is 4.35. The number of aryl methyl sites for hydroxylation is 1. The van der Waals surface area contributed by atoms with Gasteiger partial charge in [0.1, 0.15) is 5.75 Å². The number of Topliss-reactive ketones (excluding diaryl/α,β-unsaturated/α-hetero) is 1. The van der Waals surface area contributed by atoms with Crippen LogP contribution in [0.15, 0.2) is 24.3 Å². The van der Waals surface area contributed by atoms with Crippen molar-refractivity contribution in [1.29, 1.82) is 0 Å². The van der Waals surface area contributed by atoms with Crippen molar-refractivity contribution in [3.8, 4) is 5.75 Å². The van der Waals surface area contributed by atoms with Crippen LogP contribution in [0.25, 0.3) is 0 Å². The van der Waals surface area contributed by atoms with Gasteiger partial charge in [-0.3, -0.25) is 4.79 Å². The number of ketones is 1. The highest BCUT2D eigenvalue weighted by molar-refractivity contribution is 5.81. The topological polar surface area (TPSA) is 26.3 Å². The van der Waals surface area contributed by atoms with Crippen LogP contribution in [0, 0.1) is 0 Å². The molecule has 2 nitrogen and oxygen atoms in total. The Bertz CT molecular complexity index is 331. The Morgan fingerprint density at radius 1 is 1.33 bits per heavy atom. The van der Waals surface area contributed by atoms with E-state index in [4.69, 9.17) is 4.74 Å². The lowest BCUT2D eigenvalue weighted by atomic mass is 10.0. The lowest BCUT2D eigenvalue weighted by Gasteiger charge is -2.23. The average Bonchev–Trinajstić information content (AvgIpc) is 2.31. The van der Waals surface area contributed by atoms with Crippen LogP contribution >= 0.6 is 0 Å². The summed E-state index contributed by atoms with van der Waals surface area (Å²) in [6.45, 7) is 5.58. The predicted molar refractivity (Wildman–Crippen MR) is 61.2 cm³/mol. The van der Waals surface area contributed by atoms with Gasteiger partial charge in [-0.25, -0.2) is 0 Å². The van der Waals surface area contributed by atoms with E-state index < -0.39 is 0 Å². The van der Waals surface area contributed by atoms with Crippen molar-refractivity contribution in [2.24, 2.45) is 0 Å². The maximum atomic E-state index is 11.1. The van der Waals surface area contributed by atoms with Crippen LogP contribution in [-0.4, -0.2) is 11.9 Å². The number of benzene rings is 1. The van der Waals surface area contributed by atoms with Gasteiger partial charge in [-0.1, -0.05) is 32.0 Å². The van der Waals surface area contributed by atoms with Gasteiger partial charge in [0.15, 0.2) is 11.9 Å². The highest BCUT2D eigenvalue weighted by Gasteiger charge is 2.22. The molecule has 2 rings (SSSR count). The molecule has 0 bridgehead atoms. The van der Waals surface area contributed by atoms with Gasteiger partial charge in [0.2, 0.25) is 0 Å². The molecule has 0 saturated heterocycles. The van der Waals surface area contributed by atoms with Gasteiger partial charge in [0, 0.05) is 0 Å². The first-order valence-corrected chi connectivity index (χ1v) is 5.52. The van der Waals surface area contributed by atoms with Crippen LogP contribution in [0.2, 0.25) is 0 Å². The van der Waals surface area contributed by atoms with E-state index in [9.17, 15) is 4.79 Å². The molecule has 0 aliphatic carbocycles. The van der Waals surface area contributed by atoms with E-state index >= 15 is 0 Å². The van der Waals surface area contributed by atoms with E-state index in [0.29, 0.717) is 0 Å². The van der Waals surface area contributed by atoms with Crippen LogP contribution in [0.5, 0.6) is 5.75 Å². The Morgan fingerprint density at radius 3 is 2.67 bits per heavy atom. The molecule has 0 saturated carbocycles. The molecule has 15 heavy (non-hydrogen) atoms. The summed E-state index contributed by atoms with van der Waals surface area (Å²) < 4.78 is 5.54. The first-order valence-electron chi connectivity index (χ1n) is 5.52. The quantitative estimate of drug-likeness (QED) is 0.706. The molecule has 1 atom stereocenters. The second-order valence-corrected chi connectivity index (χ2v) is 3.36. The van der Waals surface area contributed by atoms with Gasteiger partial charge < -0.3 is 4.74 Å². The smallest absolute Gasteiger partial charge is 0.170 e. The molecule has 1 aliphatic rings. The van der Waals surface area contributed by atoms with Crippen molar-refractivity contribution in [3.05, 3.63) is 29.8 Å². The van der Waals surface area contributed by atoms with Crippen molar-refractivity contribution in [3.63, 3.8) is 0 Å². The minimum absolute atomic E-state index is 0.120. The van der Waals surface area contributed by atoms with E-state index in [1.54, 1.807) is 6.92 Å². The van der Waals surface area contributed by atoms with Crippen molar-refractivity contribution in [1.82, 2.24) is 0 Å². The summed E-state index contributed by atoms with van der Waals surface area (Å²) in [6, 6.07) is 7.90. The van der Waals surface area contributed by atoms with E-state index in [-0.39, 0.29) is 11.9 Å². The zero-order valence-electron chi connectivity index (χ0n) is 9.62. The summed E-state index contributed by atoms with van der Waals surface area (Å²) in [5.41, 5.74) is 1.21. The van der Waals surface area contributed by atoms with Crippen molar-refractivity contribution in [2.75, 3.05) is 0 Å². The normalized spacial score (nSPS) is 17.9. The average molecular weight is 206 g/mol. The Morgan fingerprint density at radius 2 is 2.00 bits per heavy atom. The first kappa shape index (κ1) is 11.8. The van der Waals surface area contributed by atoms with E-state index in [0.717, 1.165) is 18.6 Å². The van der Waals surface area contributed by atoms with E-state index in [1.165, 1.54) is 5.56 Å². The number of para-hydroxylation sites is 1. The molecule has 1 heterocycles. The largest absolute Gasteiger partial charge is 0.482 e. The Labute approximate surface area is 91.3 Å². The number of carbonyl (C=O) groups excluding carboxylic acids is 1. The highest BCUT2D eigenvalue weighted by atomic mass is 16.5. The summed E-state index contributed by atoms with van der Waals surface area (Å²) in [5.74, 6) is 0.989. The molecule has 0 N–H and O–H groups in total. The molecule has 2 heteroatoms. The first-order chi connectivity index (χ1) is 7.27. The number of carbonyl (C=O) groups is 1. The minimum atomic E-state index is -0.227. The van der Waals surface area contributed by atoms with E-state index in [2.05, 4.69) is 0 Å². The van der Waals surface area contributed by atoms with Crippen LogP contribution in [0.1, 0.15) is 32.8 Å². The summed E-state index contributed by atoms with van der Waals surface area (Å²) in [7, 11) is 0. The number of rotatable bonds is 1. The Hall–Kier alpha value is -1.31. The van der Waals surface area contributed by atoms with Crippen LogP contribution < -0.4 is 4.74 Å². The van der Waals surface area contributed by atoms with Crippen molar-refractivity contribution < 1.29 is 9.53 Å². The molecule has 1 aromatic rings. The molecule has 0 unspecified atom stereocenters. The van der Waals surface area contributed by atoms with E-state index in [1.807, 2.05) is 38.1 Å². The Balaban J connectivity index is 0.000000531. The maximum absolute atomic E-state index is 11.1. The molecule has 0 amide bonds. The molecular weight excluding hydrogens is 188 g/mol. The predicted octanol–water partition coefficient (Wildman–Crippen LogP) is 3.00. The zero-order chi connectivity index (χ0) is 11.3. The fraction of sp³-hybridized carbons (Fsp3) is 0.462. The molecule has 0 spiro atoms. The van der Waals surface area contributed by atoms with Crippen molar-refractivity contribution in [2.45, 2.75) is 39.7 Å². The second kappa shape index (κ2) is 5.54. The summed E-state index contributed by atoms with van der Waals surface area (Å²) in [4.78, 5) is 11.1. The third-order valence-corrected chi connectivity index (χ3v) is 2.37. The van der Waals surface area contributed by atoms with Gasteiger partial charge in [-0.2, -0.15) is 0 Å². The zero-order valence-corrected chi connectivity index (χ0v) is 9.62. The molecule has 0 radical (unpaired) electrons. The van der Waals surface area contributed by atoms with Crippen LogP contribution in [0.4, 0.5) is 0 Å². The summed E-state index contributed by atoms with van der Waals surface area (Å²) in [5, 5.41) is 0. The lowest BCUT2D eigenvalue weighted by Crippen LogP contribution is -2.29. The highest BCUT2D eigenvalue weighted by Crippen LogP contribution is 2.27. The van der Waals surface area contributed by atoms with Crippen LogP contribution in [0.3, 0.4) is 0 Å². The number of hydrogen-bond acceptors (Lipinski definition) is 2. The molecular formula is C13H18O2. The lowest BCUT2D eigenvalue weighted by molar-refractivity contribution is -0.124. The molecule has 0 fully saturated rings. The third-order valence-electron chi connectivity index (χ3n) is 2.37.